The highest BCUT2D eigenvalue weighted by molar-refractivity contribution is 5.64. The van der Waals surface area contributed by atoms with Crippen LogP contribution in [0.15, 0.2) is 36.9 Å². The third-order valence-electron chi connectivity index (χ3n) is 3.50. The molecule has 0 aliphatic rings. The van der Waals surface area contributed by atoms with E-state index in [-0.39, 0.29) is 0 Å². The SMILES string of the molecule is C=C(CNCCN(C)C(C)CC)c1ccccc1. The maximum absolute atomic E-state index is 4.12. The molecule has 0 saturated carbocycles. The summed E-state index contributed by atoms with van der Waals surface area (Å²) in [6.07, 6.45) is 1.20. The molecule has 0 heterocycles. The minimum Gasteiger partial charge on any atom is -0.311 e. The lowest BCUT2D eigenvalue weighted by molar-refractivity contribution is 0.253. The molecule has 0 spiro atoms. The third-order valence-corrected chi connectivity index (χ3v) is 3.50. The van der Waals surface area contributed by atoms with Crippen molar-refractivity contribution < 1.29 is 0 Å². The Balaban J connectivity index is 2.21. The molecule has 0 radical (unpaired) electrons. The van der Waals surface area contributed by atoms with Gasteiger partial charge in [0.15, 0.2) is 0 Å². The van der Waals surface area contributed by atoms with Crippen LogP contribution in [0.5, 0.6) is 0 Å². The van der Waals surface area contributed by atoms with E-state index < -0.39 is 0 Å². The molecule has 0 saturated heterocycles. The summed E-state index contributed by atoms with van der Waals surface area (Å²) >= 11 is 0. The molecule has 2 heteroatoms. The molecule has 1 rings (SSSR count). The molecule has 0 aliphatic carbocycles. The van der Waals surface area contributed by atoms with Crippen LogP contribution in [0, 0.1) is 0 Å². The van der Waals surface area contributed by atoms with Gasteiger partial charge < -0.3 is 10.2 Å². The van der Waals surface area contributed by atoms with Crippen molar-refractivity contribution in [3.8, 4) is 0 Å². The number of rotatable bonds is 8. The molecule has 1 unspecified atom stereocenters. The lowest BCUT2D eigenvalue weighted by atomic mass is 10.1. The molecular formula is C16H26N2. The monoisotopic (exact) mass is 246 g/mol. The number of hydrogen-bond donors (Lipinski definition) is 1. The summed E-state index contributed by atoms with van der Waals surface area (Å²) in [5.74, 6) is 0. The number of likely N-dealkylation sites (N-methyl/N-ethyl adjacent to an activating group) is 1. The van der Waals surface area contributed by atoms with E-state index in [4.69, 9.17) is 0 Å². The molecule has 0 amide bonds. The summed E-state index contributed by atoms with van der Waals surface area (Å²) in [6.45, 7) is 11.6. The Labute approximate surface area is 112 Å². The van der Waals surface area contributed by atoms with Crippen LogP contribution in [-0.4, -0.2) is 37.6 Å². The first-order valence-corrected chi connectivity index (χ1v) is 6.79. The quantitative estimate of drug-likeness (QED) is 0.709. The van der Waals surface area contributed by atoms with E-state index in [9.17, 15) is 0 Å². The standard InChI is InChI=1S/C16H26N2/c1-5-15(3)18(4)12-11-17-13-14(2)16-9-7-6-8-10-16/h6-10,15,17H,2,5,11-13H2,1,3-4H3. The van der Waals surface area contributed by atoms with Crippen LogP contribution in [0.1, 0.15) is 25.8 Å². The molecule has 1 aromatic carbocycles. The van der Waals surface area contributed by atoms with Gasteiger partial charge in [-0.3, -0.25) is 0 Å². The normalized spacial score (nSPS) is 12.7. The van der Waals surface area contributed by atoms with Gasteiger partial charge in [-0.15, -0.1) is 0 Å². The number of nitrogens with zero attached hydrogens (tertiary/aromatic N) is 1. The number of benzene rings is 1. The first-order valence-electron chi connectivity index (χ1n) is 6.79. The summed E-state index contributed by atoms with van der Waals surface area (Å²) < 4.78 is 0. The number of hydrogen-bond acceptors (Lipinski definition) is 2. The van der Waals surface area contributed by atoms with Gasteiger partial charge in [0.05, 0.1) is 0 Å². The summed E-state index contributed by atoms with van der Waals surface area (Å²) in [5, 5.41) is 3.45. The molecule has 1 atom stereocenters. The van der Waals surface area contributed by atoms with Gasteiger partial charge in [0.1, 0.15) is 0 Å². The fourth-order valence-corrected chi connectivity index (χ4v) is 1.80. The highest BCUT2D eigenvalue weighted by Gasteiger charge is 2.05. The second-order valence-electron chi connectivity index (χ2n) is 4.88. The van der Waals surface area contributed by atoms with Gasteiger partial charge in [-0.1, -0.05) is 43.8 Å². The van der Waals surface area contributed by atoms with E-state index in [1.54, 1.807) is 0 Å². The van der Waals surface area contributed by atoms with E-state index in [0.29, 0.717) is 6.04 Å². The van der Waals surface area contributed by atoms with Crippen molar-refractivity contribution in [2.45, 2.75) is 26.3 Å². The third kappa shape index (κ3) is 5.03. The molecule has 18 heavy (non-hydrogen) atoms. The molecule has 100 valence electrons. The van der Waals surface area contributed by atoms with E-state index in [2.05, 4.69) is 62.0 Å². The van der Waals surface area contributed by atoms with Crippen LogP contribution >= 0.6 is 0 Å². The first kappa shape index (κ1) is 14.9. The minimum absolute atomic E-state index is 0.657. The zero-order valence-electron chi connectivity index (χ0n) is 11.9. The highest BCUT2D eigenvalue weighted by Crippen LogP contribution is 2.09. The lowest BCUT2D eigenvalue weighted by Gasteiger charge is -2.23. The smallest absolute Gasteiger partial charge is 0.0206 e. The van der Waals surface area contributed by atoms with Crippen molar-refractivity contribution in [1.29, 1.82) is 0 Å². The van der Waals surface area contributed by atoms with Gasteiger partial charge in [0.2, 0.25) is 0 Å². The van der Waals surface area contributed by atoms with Crippen molar-refractivity contribution in [2.75, 3.05) is 26.7 Å². The minimum atomic E-state index is 0.657. The molecule has 0 aliphatic heterocycles. The topological polar surface area (TPSA) is 15.3 Å². The van der Waals surface area contributed by atoms with Crippen LogP contribution in [-0.2, 0) is 0 Å². The van der Waals surface area contributed by atoms with E-state index in [1.807, 2.05) is 6.07 Å². The molecule has 0 aromatic heterocycles. The second-order valence-corrected chi connectivity index (χ2v) is 4.88. The Morgan fingerprint density at radius 3 is 2.61 bits per heavy atom. The first-order chi connectivity index (χ1) is 8.65. The van der Waals surface area contributed by atoms with Crippen molar-refractivity contribution in [2.24, 2.45) is 0 Å². The maximum Gasteiger partial charge on any atom is 0.0206 e. The average molecular weight is 246 g/mol. The molecule has 1 N–H and O–H groups in total. The van der Waals surface area contributed by atoms with Crippen molar-refractivity contribution in [3.05, 3.63) is 42.5 Å². The Bertz CT molecular complexity index is 345. The van der Waals surface area contributed by atoms with Crippen molar-refractivity contribution >= 4 is 5.57 Å². The van der Waals surface area contributed by atoms with E-state index in [0.717, 1.165) is 25.2 Å². The largest absolute Gasteiger partial charge is 0.311 e. The molecule has 0 bridgehead atoms. The fraction of sp³-hybridized carbons (Fsp3) is 0.500. The number of nitrogens with one attached hydrogen (secondary N) is 1. The van der Waals surface area contributed by atoms with E-state index in [1.165, 1.54) is 12.0 Å². The summed E-state index contributed by atoms with van der Waals surface area (Å²) in [5.41, 5.74) is 2.38. The van der Waals surface area contributed by atoms with E-state index >= 15 is 0 Å². The van der Waals surface area contributed by atoms with Gasteiger partial charge in [-0.25, -0.2) is 0 Å². The zero-order valence-corrected chi connectivity index (χ0v) is 11.9. The lowest BCUT2D eigenvalue weighted by Crippen LogP contribution is -2.35. The van der Waals surface area contributed by atoms with Gasteiger partial charge in [0, 0.05) is 25.7 Å². The summed E-state index contributed by atoms with van der Waals surface area (Å²) in [4.78, 5) is 2.39. The Hall–Kier alpha value is -1.12. The Kier molecular flexibility index (Phi) is 6.69. The molecular weight excluding hydrogens is 220 g/mol. The summed E-state index contributed by atoms with van der Waals surface area (Å²) in [7, 11) is 2.18. The van der Waals surface area contributed by atoms with Gasteiger partial charge in [0.25, 0.3) is 0 Å². The highest BCUT2D eigenvalue weighted by atomic mass is 15.1. The second kappa shape index (κ2) is 8.06. The Morgan fingerprint density at radius 2 is 2.00 bits per heavy atom. The molecule has 2 nitrogen and oxygen atoms in total. The van der Waals surface area contributed by atoms with Crippen LogP contribution in [0.2, 0.25) is 0 Å². The van der Waals surface area contributed by atoms with Crippen molar-refractivity contribution in [3.63, 3.8) is 0 Å². The van der Waals surface area contributed by atoms with Crippen LogP contribution in [0.4, 0.5) is 0 Å². The van der Waals surface area contributed by atoms with Gasteiger partial charge in [-0.2, -0.15) is 0 Å². The van der Waals surface area contributed by atoms with Crippen LogP contribution in [0.3, 0.4) is 0 Å². The van der Waals surface area contributed by atoms with Crippen molar-refractivity contribution in [1.82, 2.24) is 10.2 Å². The maximum atomic E-state index is 4.12. The zero-order chi connectivity index (χ0) is 13.4. The van der Waals surface area contributed by atoms with Gasteiger partial charge >= 0.3 is 0 Å². The van der Waals surface area contributed by atoms with Crippen LogP contribution < -0.4 is 5.32 Å². The van der Waals surface area contributed by atoms with Gasteiger partial charge in [-0.05, 0) is 31.5 Å². The molecule has 1 aromatic rings. The predicted octanol–water partition coefficient (Wildman–Crippen LogP) is 3.02. The summed E-state index contributed by atoms with van der Waals surface area (Å²) in [6, 6.07) is 11.0. The fourth-order valence-electron chi connectivity index (χ4n) is 1.80. The average Bonchev–Trinajstić information content (AvgIpc) is 2.43. The predicted molar refractivity (Wildman–Crippen MR) is 80.7 cm³/mol. The molecule has 0 fully saturated rings. The van der Waals surface area contributed by atoms with Crippen LogP contribution in [0.25, 0.3) is 5.57 Å². The Morgan fingerprint density at radius 1 is 1.33 bits per heavy atom.